The highest BCUT2D eigenvalue weighted by atomic mass is 19.4. The maximum atomic E-state index is 15.0. The molecule has 0 radical (unpaired) electrons. The molecule has 0 aliphatic carbocycles. The minimum atomic E-state index is -4.63. The number of morpholine rings is 1. The first-order chi connectivity index (χ1) is 33.5. The van der Waals surface area contributed by atoms with Gasteiger partial charge in [-0.3, -0.25) is 29.3 Å². The van der Waals surface area contributed by atoms with Crippen LogP contribution in [0.25, 0.3) is 33.3 Å². The number of alkyl halides is 3. The molecule has 2 amide bonds. The topological polar surface area (TPSA) is 166 Å². The van der Waals surface area contributed by atoms with Crippen LogP contribution in [-0.4, -0.2) is 140 Å². The smallest absolute Gasteiger partial charge is 0.408 e. The summed E-state index contributed by atoms with van der Waals surface area (Å²) in [6, 6.07) is 13.0. The zero-order valence-electron chi connectivity index (χ0n) is 42.2. The molecule has 2 aromatic heterocycles. The van der Waals surface area contributed by atoms with E-state index >= 15 is 13.2 Å². The van der Waals surface area contributed by atoms with Crippen molar-refractivity contribution < 1.29 is 56.0 Å². The number of hydrogen-bond donors (Lipinski definition) is 2. The number of esters is 2. The molecule has 71 heavy (non-hydrogen) atoms. The number of halogens is 3. The molecule has 3 aliphatic rings. The molecule has 2 N–H and O–H groups in total. The van der Waals surface area contributed by atoms with Crippen LogP contribution < -0.4 is 15.6 Å². The van der Waals surface area contributed by atoms with Gasteiger partial charge in [0.15, 0.2) is 0 Å². The van der Waals surface area contributed by atoms with E-state index in [0.717, 1.165) is 18.8 Å². The van der Waals surface area contributed by atoms with Gasteiger partial charge in [0.1, 0.15) is 24.2 Å². The number of pyridine rings is 1. The minimum Gasteiger partial charge on any atom is -0.468 e. The highest BCUT2D eigenvalue weighted by molar-refractivity contribution is 5.96. The Balaban J connectivity index is 1.35. The molecule has 0 bridgehead atoms. The normalized spacial score (nSPS) is 18.9. The molecular weight excluding hydrogens is 924 g/mol. The second-order valence-corrected chi connectivity index (χ2v) is 20.5. The Hall–Kier alpha value is -5.76. The summed E-state index contributed by atoms with van der Waals surface area (Å²) >= 11 is 0. The fourth-order valence-electron chi connectivity index (χ4n) is 9.71. The molecule has 0 spiro atoms. The van der Waals surface area contributed by atoms with Gasteiger partial charge in [-0.05, 0) is 87.4 Å². The number of carbonyl (C=O) groups is 4. The van der Waals surface area contributed by atoms with Crippen LogP contribution in [0.3, 0.4) is 0 Å². The van der Waals surface area contributed by atoms with Crippen molar-refractivity contribution in [2.75, 3.05) is 71.7 Å². The van der Waals surface area contributed by atoms with Crippen LogP contribution in [0.5, 0.6) is 0 Å². The van der Waals surface area contributed by atoms with Gasteiger partial charge in [-0.25, -0.2) is 10.2 Å². The molecule has 2 aromatic carbocycles. The summed E-state index contributed by atoms with van der Waals surface area (Å²) in [5.41, 5.74) is 6.43. The first-order valence-corrected chi connectivity index (χ1v) is 24.2. The van der Waals surface area contributed by atoms with Gasteiger partial charge < -0.3 is 38.5 Å². The average molecular weight is 992 g/mol. The van der Waals surface area contributed by atoms with Crippen LogP contribution >= 0.6 is 0 Å². The Labute approximate surface area is 413 Å². The lowest BCUT2D eigenvalue weighted by Crippen LogP contribution is -2.60. The van der Waals surface area contributed by atoms with E-state index < -0.39 is 65.9 Å². The Morgan fingerprint density at radius 2 is 1.73 bits per heavy atom. The number of hydrazine groups is 1. The molecular formula is C52H68F3N7O9. The molecule has 0 saturated carbocycles. The third kappa shape index (κ3) is 13.2. The Kier molecular flexibility index (Phi) is 16.4. The predicted octanol–water partition coefficient (Wildman–Crippen LogP) is 7.40. The van der Waals surface area contributed by atoms with Gasteiger partial charge in [-0.2, -0.15) is 13.2 Å². The predicted molar refractivity (Wildman–Crippen MR) is 261 cm³/mol. The number of methoxy groups -OCH3 is 2. The van der Waals surface area contributed by atoms with Crippen molar-refractivity contribution in [3.63, 3.8) is 0 Å². The third-order valence-corrected chi connectivity index (χ3v) is 13.2. The zero-order valence-corrected chi connectivity index (χ0v) is 42.2. The second kappa shape index (κ2) is 21.9. The number of piperazine rings is 1. The number of ether oxygens (including phenoxy) is 5. The third-order valence-electron chi connectivity index (χ3n) is 13.2. The number of benzene rings is 2. The molecule has 4 aromatic rings. The summed E-state index contributed by atoms with van der Waals surface area (Å²) in [6.07, 6.45) is -3.03. The number of fused-ring (bicyclic) bond motifs is 2. The first-order valence-electron chi connectivity index (χ1n) is 24.2. The van der Waals surface area contributed by atoms with Crippen LogP contribution in [0.2, 0.25) is 0 Å². The van der Waals surface area contributed by atoms with Gasteiger partial charge in [0.25, 0.3) is 5.91 Å². The van der Waals surface area contributed by atoms with Crippen LogP contribution in [0, 0.1) is 5.41 Å². The second-order valence-electron chi connectivity index (χ2n) is 20.5. The molecule has 386 valence electrons. The molecule has 16 nitrogen and oxygen atoms in total. The van der Waals surface area contributed by atoms with Crippen LogP contribution in [0.4, 0.5) is 23.7 Å². The zero-order chi connectivity index (χ0) is 51.4. The number of nitrogens with zero attached hydrogens (tertiary/aromatic N) is 5. The molecule has 5 heterocycles. The van der Waals surface area contributed by atoms with Crippen molar-refractivity contribution in [2.45, 2.75) is 117 Å². The Morgan fingerprint density at radius 1 is 0.972 bits per heavy atom. The van der Waals surface area contributed by atoms with E-state index in [9.17, 15) is 19.2 Å². The van der Waals surface area contributed by atoms with Crippen molar-refractivity contribution in [3.05, 3.63) is 71.5 Å². The number of carbonyl (C=O) groups excluding carboxylic acids is 4. The monoisotopic (exact) mass is 992 g/mol. The van der Waals surface area contributed by atoms with Gasteiger partial charge in [0.05, 0.1) is 62.3 Å². The van der Waals surface area contributed by atoms with Gasteiger partial charge in [0, 0.05) is 75.1 Å². The summed E-state index contributed by atoms with van der Waals surface area (Å²) < 4.78 is 74.1. The summed E-state index contributed by atoms with van der Waals surface area (Å²) in [5.74, 6) is -1.47. The summed E-state index contributed by atoms with van der Waals surface area (Å²) in [7, 11) is 2.82. The number of hydrogen-bond acceptors (Lipinski definition) is 13. The van der Waals surface area contributed by atoms with Crippen LogP contribution in [0.15, 0.2) is 54.7 Å². The summed E-state index contributed by atoms with van der Waals surface area (Å²) in [6.45, 7) is 15.4. The Bertz CT molecular complexity index is 2580. The van der Waals surface area contributed by atoms with Gasteiger partial charge in [-0.15, -0.1) is 0 Å². The van der Waals surface area contributed by atoms with Gasteiger partial charge in [-0.1, -0.05) is 44.2 Å². The number of amides is 2. The number of aromatic nitrogens is 2. The molecule has 4 atom stereocenters. The molecule has 3 fully saturated rings. The Morgan fingerprint density at radius 3 is 2.44 bits per heavy atom. The van der Waals surface area contributed by atoms with Crippen molar-refractivity contribution in [2.24, 2.45) is 5.41 Å². The minimum absolute atomic E-state index is 0.0102. The maximum Gasteiger partial charge on any atom is 0.408 e. The standard InChI is InChI=1S/C52H68F3N7O9/c1-32(67-8)45-40(25-37(27-56-45)60-19-18-59-20-21-69-29-38(59)28-60)46-41(26-51(6,7)31-70-33(2)63)39-24-36(15-16-44(39)61(46)30-52(53,54)55)35-13-10-12-34(22-35)23-43(57-49(66)71-50(3,4)5)47(64)62-17-11-14-42(58-62)48(65)68-9/h10,12-13,15-16,22,24-25,27,32,38,42-43,58H,11,14,17-21,23,26,28-31H2,1-9H3,(H,57,66)/t32-,38-,42-,43-/m0/s1. The van der Waals surface area contributed by atoms with Crippen molar-refractivity contribution >= 4 is 40.5 Å². The molecule has 7 rings (SSSR count). The van der Waals surface area contributed by atoms with Gasteiger partial charge >= 0.3 is 24.2 Å². The first kappa shape index (κ1) is 53.0. The van der Waals surface area contributed by atoms with Crippen molar-refractivity contribution in [3.8, 4) is 22.4 Å². The number of anilines is 1. The van der Waals surface area contributed by atoms with Gasteiger partial charge in [0.2, 0.25) is 0 Å². The SMILES string of the molecule is COC(=O)[C@@H]1CCCN(C(=O)[C@H](Cc2cccc(-c3ccc4c(c3)c(CC(C)(C)COC(C)=O)c(-c3cc(N5CCN6CCOC[C@@H]6C5)cnc3[C@H](C)OC)n4CC(F)(F)F)c2)NC(=O)OC(C)(C)C)N1. The molecule has 19 heteroatoms. The van der Waals surface area contributed by atoms with E-state index in [1.807, 2.05) is 57.2 Å². The fourth-order valence-corrected chi connectivity index (χ4v) is 9.71. The molecule has 3 saturated heterocycles. The van der Waals surface area contributed by atoms with Crippen LogP contribution in [0.1, 0.15) is 84.2 Å². The number of rotatable bonds is 15. The van der Waals surface area contributed by atoms with E-state index in [-0.39, 0.29) is 32.0 Å². The lowest BCUT2D eigenvalue weighted by atomic mass is 9.84. The molecule has 3 aliphatic heterocycles. The number of alkyl carbamates (subject to hydrolysis) is 1. The van der Waals surface area contributed by atoms with E-state index in [2.05, 4.69) is 20.5 Å². The average Bonchev–Trinajstić information content (AvgIpc) is 3.60. The quantitative estimate of drug-likeness (QED) is 0.0895. The fraction of sp³-hybridized carbons (Fsp3) is 0.558. The van der Waals surface area contributed by atoms with E-state index in [1.165, 1.54) is 30.7 Å². The summed E-state index contributed by atoms with van der Waals surface area (Å²) in [4.78, 5) is 61.6. The van der Waals surface area contributed by atoms with E-state index in [4.69, 9.17) is 28.7 Å². The lowest BCUT2D eigenvalue weighted by molar-refractivity contribution is -0.150. The lowest BCUT2D eigenvalue weighted by Gasteiger charge is -2.44. The van der Waals surface area contributed by atoms with Crippen molar-refractivity contribution in [1.29, 1.82) is 0 Å². The maximum absolute atomic E-state index is 15.0. The molecule has 0 unspecified atom stereocenters. The van der Waals surface area contributed by atoms with E-state index in [0.29, 0.717) is 89.3 Å². The number of nitrogens with one attached hydrogen (secondary N) is 2. The largest absolute Gasteiger partial charge is 0.468 e. The van der Waals surface area contributed by atoms with Crippen LogP contribution in [-0.2, 0) is 57.5 Å². The van der Waals surface area contributed by atoms with Crippen molar-refractivity contribution in [1.82, 2.24) is 30.2 Å². The highest BCUT2D eigenvalue weighted by Crippen LogP contribution is 2.44. The highest BCUT2D eigenvalue weighted by Gasteiger charge is 2.37. The summed E-state index contributed by atoms with van der Waals surface area (Å²) in [5, 5.41) is 4.64. The van der Waals surface area contributed by atoms with E-state index in [1.54, 1.807) is 39.1 Å².